The number of aliphatic hydroxyl groups is 1. The molecular formula is C7H14FNO. The second-order valence-corrected chi connectivity index (χ2v) is 2.91. The van der Waals surface area contributed by atoms with Gasteiger partial charge in [0.2, 0.25) is 0 Å². The van der Waals surface area contributed by atoms with E-state index in [0.29, 0.717) is 6.42 Å². The minimum atomic E-state index is -0.340. The van der Waals surface area contributed by atoms with Gasteiger partial charge in [0.15, 0.2) is 0 Å². The van der Waals surface area contributed by atoms with E-state index in [1.165, 1.54) is 0 Å². The zero-order valence-electron chi connectivity index (χ0n) is 6.07. The van der Waals surface area contributed by atoms with Crippen molar-refractivity contribution in [3.8, 4) is 0 Å². The average molecular weight is 147 g/mol. The Morgan fingerprint density at radius 2 is 2.40 bits per heavy atom. The molecular weight excluding hydrogens is 133 g/mol. The first-order valence-corrected chi connectivity index (χ1v) is 3.75. The van der Waals surface area contributed by atoms with E-state index in [1.807, 2.05) is 0 Å². The first kappa shape index (κ1) is 7.95. The van der Waals surface area contributed by atoms with Crippen molar-refractivity contribution < 1.29 is 9.50 Å². The summed E-state index contributed by atoms with van der Waals surface area (Å²) < 4.78 is 11.9. The largest absolute Gasteiger partial charge is 0.394 e. The molecule has 0 aromatic rings. The Morgan fingerprint density at radius 1 is 1.60 bits per heavy atom. The summed E-state index contributed by atoms with van der Waals surface area (Å²) in [7, 11) is 0. The average Bonchev–Trinajstić information content (AvgIpc) is 2.39. The molecule has 1 rings (SSSR count). The molecule has 0 bridgehead atoms. The summed E-state index contributed by atoms with van der Waals surface area (Å²) in [5, 5.41) is 12.0. The highest BCUT2D eigenvalue weighted by molar-refractivity contribution is 4.91. The van der Waals surface area contributed by atoms with Gasteiger partial charge in [0.05, 0.1) is 13.3 Å². The van der Waals surface area contributed by atoms with Crippen LogP contribution in [0.1, 0.15) is 19.3 Å². The molecule has 0 radical (unpaired) electrons. The van der Waals surface area contributed by atoms with Crippen molar-refractivity contribution in [2.75, 3.05) is 19.8 Å². The molecule has 0 amide bonds. The maximum atomic E-state index is 11.9. The minimum absolute atomic E-state index is 0.0664. The van der Waals surface area contributed by atoms with Gasteiger partial charge >= 0.3 is 0 Å². The molecule has 1 fully saturated rings. The molecule has 1 aliphatic heterocycles. The minimum Gasteiger partial charge on any atom is -0.394 e. The fourth-order valence-electron chi connectivity index (χ4n) is 1.48. The zero-order valence-corrected chi connectivity index (χ0v) is 6.07. The van der Waals surface area contributed by atoms with Crippen LogP contribution in [0.2, 0.25) is 0 Å². The number of hydrogen-bond donors (Lipinski definition) is 2. The van der Waals surface area contributed by atoms with Crippen LogP contribution in [0.5, 0.6) is 0 Å². The first-order valence-electron chi connectivity index (χ1n) is 3.75. The Hall–Kier alpha value is -0.150. The number of halogens is 1. The van der Waals surface area contributed by atoms with Gasteiger partial charge in [-0.05, 0) is 25.8 Å². The van der Waals surface area contributed by atoms with E-state index in [9.17, 15) is 4.39 Å². The van der Waals surface area contributed by atoms with Gasteiger partial charge in [-0.1, -0.05) is 0 Å². The van der Waals surface area contributed by atoms with Crippen molar-refractivity contribution >= 4 is 0 Å². The van der Waals surface area contributed by atoms with Crippen molar-refractivity contribution in [3.63, 3.8) is 0 Å². The number of hydrogen-bond acceptors (Lipinski definition) is 2. The van der Waals surface area contributed by atoms with Crippen LogP contribution in [-0.4, -0.2) is 30.5 Å². The molecule has 1 unspecified atom stereocenters. The van der Waals surface area contributed by atoms with Gasteiger partial charge in [-0.3, -0.25) is 4.39 Å². The smallest absolute Gasteiger partial charge is 0.0912 e. The highest BCUT2D eigenvalue weighted by Gasteiger charge is 2.31. The molecule has 60 valence electrons. The summed E-state index contributed by atoms with van der Waals surface area (Å²) >= 11 is 0. The molecule has 0 spiro atoms. The second-order valence-electron chi connectivity index (χ2n) is 2.91. The Bertz CT molecular complexity index is 102. The van der Waals surface area contributed by atoms with Gasteiger partial charge in [0.25, 0.3) is 0 Å². The highest BCUT2D eigenvalue weighted by atomic mass is 19.1. The standard InChI is InChI=1S/C7H14FNO/c8-4-3-7(6-10)2-1-5-9-7/h9-10H,1-6H2. The van der Waals surface area contributed by atoms with Crippen LogP contribution >= 0.6 is 0 Å². The van der Waals surface area contributed by atoms with Crippen molar-refractivity contribution in [2.24, 2.45) is 0 Å². The summed E-state index contributed by atoms with van der Waals surface area (Å²) in [5.41, 5.74) is -0.283. The van der Waals surface area contributed by atoms with Gasteiger partial charge in [-0.15, -0.1) is 0 Å². The third-order valence-electron chi connectivity index (χ3n) is 2.21. The maximum Gasteiger partial charge on any atom is 0.0912 e. The molecule has 10 heavy (non-hydrogen) atoms. The van der Waals surface area contributed by atoms with Crippen LogP contribution in [-0.2, 0) is 0 Å². The van der Waals surface area contributed by atoms with Crippen LogP contribution in [0.15, 0.2) is 0 Å². The molecule has 1 atom stereocenters. The molecule has 2 N–H and O–H groups in total. The summed E-state index contributed by atoms with van der Waals surface area (Å²) in [5.74, 6) is 0. The Morgan fingerprint density at radius 3 is 2.80 bits per heavy atom. The fourth-order valence-corrected chi connectivity index (χ4v) is 1.48. The maximum absolute atomic E-state index is 11.9. The van der Waals surface area contributed by atoms with Gasteiger partial charge in [-0.2, -0.15) is 0 Å². The number of aliphatic hydroxyl groups excluding tert-OH is 1. The van der Waals surface area contributed by atoms with E-state index in [4.69, 9.17) is 5.11 Å². The van der Waals surface area contributed by atoms with Crippen molar-refractivity contribution in [3.05, 3.63) is 0 Å². The highest BCUT2D eigenvalue weighted by Crippen LogP contribution is 2.22. The van der Waals surface area contributed by atoms with Crippen molar-refractivity contribution in [1.29, 1.82) is 0 Å². The third kappa shape index (κ3) is 1.47. The topological polar surface area (TPSA) is 32.3 Å². The number of nitrogens with one attached hydrogen (secondary N) is 1. The lowest BCUT2D eigenvalue weighted by atomic mass is 9.95. The molecule has 1 aliphatic rings. The lowest BCUT2D eigenvalue weighted by Gasteiger charge is -2.25. The molecule has 0 aromatic carbocycles. The quantitative estimate of drug-likeness (QED) is 0.608. The fraction of sp³-hybridized carbons (Fsp3) is 1.00. The predicted molar refractivity (Wildman–Crippen MR) is 37.6 cm³/mol. The predicted octanol–water partition coefficient (Wildman–Crippen LogP) is 0.460. The lowest BCUT2D eigenvalue weighted by molar-refractivity contribution is 0.159. The summed E-state index contributed by atoms with van der Waals surface area (Å²) in [4.78, 5) is 0. The Kier molecular flexibility index (Phi) is 2.63. The normalized spacial score (nSPS) is 33.0. The van der Waals surface area contributed by atoms with Gasteiger partial charge in [0, 0.05) is 5.54 Å². The SMILES string of the molecule is OCC1(CCF)CCCN1. The van der Waals surface area contributed by atoms with Crippen LogP contribution in [0.25, 0.3) is 0 Å². The van der Waals surface area contributed by atoms with E-state index in [2.05, 4.69) is 5.32 Å². The van der Waals surface area contributed by atoms with Crippen LogP contribution < -0.4 is 5.32 Å². The van der Waals surface area contributed by atoms with E-state index in [0.717, 1.165) is 19.4 Å². The van der Waals surface area contributed by atoms with Crippen molar-refractivity contribution in [2.45, 2.75) is 24.8 Å². The number of alkyl halides is 1. The molecule has 3 heteroatoms. The van der Waals surface area contributed by atoms with Gasteiger partial charge in [-0.25, -0.2) is 0 Å². The van der Waals surface area contributed by atoms with Crippen LogP contribution in [0.3, 0.4) is 0 Å². The third-order valence-corrected chi connectivity index (χ3v) is 2.21. The van der Waals surface area contributed by atoms with Crippen LogP contribution in [0.4, 0.5) is 4.39 Å². The second kappa shape index (κ2) is 3.30. The summed E-state index contributed by atoms with van der Waals surface area (Å²) in [6, 6.07) is 0. The van der Waals surface area contributed by atoms with Gasteiger partial charge < -0.3 is 10.4 Å². The molecule has 0 saturated carbocycles. The number of rotatable bonds is 3. The monoisotopic (exact) mass is 147 g/mol. The Labute approximate surface area is 60.4 Å². The molecule has 0 aliphatic carbocycles. The van der Waals surface area contributed by atoms with E-state index in [-0.39, 0.29) is 18.8 Å². The van der Waals surface area contributed by atoms with Crippen molar-refractivity contribution in [1.82, 2.24) is 5.32 Å². The summed E-state index contributed by atoms with van der Waals surface area (Å²) in [6.07, 6.45) is 2.41. The molecule has 1 saturated heterocycles. The summed E-state index contributed by atoms with van der Waals surface area (Å²) in [6.45, 7) is 0.644. The van der Waals surface area contributed by atoms with E-state index >= 15 is 0 Å². The molecule has 0 aromatic heterocycles. The Balaban J connectivity index is 2.41. The van der Waals surface area contributed by atoms with Crippen LogP contribution in [0, 0.1) is 0 Å². The first-order chi connectivity index (χ1) is 4.83. The zero-order chi connectivity index (χ0) is 7.45. The molecule has 1 heterocycles. The van der Waals surface area contributed by atoms with Gasteiger partial charge in [0.1, 0.15) is 0 Å². The van der Waals surface area contributed by atoms with E-state index in [1.54, 1.807) is 0 Å². The van der Waals surface area contributed by atoms with E-state index < -0.39 is 0 Å². The lowest BCUT2D eigenvalue weighted by Crippen LogP contribution is -2.43. The molecule has 2 nitrogen and oxygen atoms in total.